The Hall–Kier alpha value is -4.45. The van der Waals surface area contributed by atoms with Crippen molar-refractivity contribution in [3.63, 3.8) is 0 Å². The number of carbonyl (C=O) groups excluding carboxylic acids is 2. The van der Waals surface area contributed by atoms with E-state index in [0.717, 1.165) is 34.4 Å². The SMILES string of the molecule is CCc1cccc(C)c1N1C(=O)CSC1=NC(=O)CCc1ccc(-c2ncn(-c3ccc(OC(F)(F)F)cc3)n2)cc1. The Labute approximate surface area is 244 Å². The van der Waals surface area contributed by atoms with Crippen LogP contribution < -0.4 is 9.64 Å². The third kappa shape index (κ3) is 6.71. The molecule has 4 aromatic rings. The van der Waals surface area contributed by atoms with Crippen LogP contribution in [0.25, 0.3) is 17.1 Å². The number of hydrogen-bond donors (Lipinski definition) is 0. The number of aromatic nitrogens is 3. The highest BCUT2D eigenvalue weighted by molar-refractivity contribution is 8.15. The van der Waals surface area contributed by atoms with Crippen LogP contribution in [0.1, 0.15) is 30.0 Å². The van der Waals surface area contributed by atoms with Gasteiger partial charge >= 0.3 is 6.36 Å². The second kappa shape index (κ2) is 12.2. The van der Waals surface area contributed by atoms with Crippen molar-refractivity contribution in [2.45, 2.75) is 39.5 Å². The van der Waals surface area contributed by atoms with Crippen molar-refractivity contribution in [1.82, 2.24) is 14.8 Å². The maximum Gasteiger partial charge on any atom is 0.573 e. The number of aliphatic imine (C=N–C) groups is 1. The first-order chi connectivity index (χ1) is 20.1. The lowest BCUT2D eigenvalue weighted by Gasteiger charge is -2.21. The van der Waals surface area contributed by atoms with E-state index in [1.807, 2.05) is 56.3 Å². The number of carbonyl (C=O) groups is 2. The molecule has 0 radical (unpaired) electrons. The van der Waals surface area contributed by atoms with Crippen molar-refractivity contribution in [3.05, 3.63) is 89.7 Å². The normalized spacial score (nSPS) is 14.5. The number of thioether (sulfide) groups is 1. The second-order valence-corrected chi connectivity index (χ2v) is 10.4. The average Bonchev–Trinajstić information content (AvgIpc) is 3.59. The quantitative estimate of drug-likeness (QED) is 0.238. The summed E-state index contributed by atoms with van der Waals surface area (Å²) in [5.74, 6) is -0.0381. The molecule has 1 aliphatic rings. The summed E-state index contributed by atoms with van der Waals surface area (Å²) in [6.45, 7) is 3.97. The number of alkyl halides is 3. The van der Waals surface area contributed by atoms with Gasteiger partial charge in [0.05, 0.1) is 17.1 Å². The van der Waals surface area contributed by atoms with E-state index in [0.29, 0.717) is 23.1 Å². The lowest BCUT2D eigenvalue weighted by atomic mass is 10.0. The number of aryl methyl sites for hydroxylation is 3. The van der Waals surface area contributed by atoms with Crippen LogP contribution in [0.2, 0.25) is 0 Å². The molecule has 0 bridgehead atoms. The molecular formula is C30H26F3N5O3S. The number of amidine groups is 1. The van der Waals surface area contributed by atoms with E-state index in [1.54, 1.807) is 4.90 Å². The molecule has 1 fully saturated rings. The smallest absolute Gasteiger partial charge is 0.406 e. The Morgan fingerprint density at radius 1 is 1.07 bits per heavy atom. The zero-order valence-corrected chi connectivity index (χ0v) is 23.6. The molecular weight excluding hydrogens is 567 g/mol. The molecule has 5 rings (SSSR count). The Bertz CT molecular complexity index is 1630. The summed E-state index contributed by atoms with van der Waals surface area (Å²) in [4.78, 5) is 35.7. The van der Waals surface area contributed by atoms with E-state index in [1.165, 1.54) is 47.0 Å². The van der Waals surface area contributed by atoms with Gasteiger partial charge in [0.25, 0.3) is 0 Å². The van der Waals surface area contributed by atoms with Crippen LogP contribution in [0.5, 0.6) is 5.75 Å². The van der Waals surface area contributed by atoms with Gasteiger partial charge in [-0.15, -0.1) is 18.3 Å². The summed E-state index contributed by atoms with van der Waals surface area (Å²) in [6.07, 6.45) is -1.89. The monoisotopic (exact) mass is 593 g/mol. The lowest BCUT2D eigenvalue weighted by Crippen LogP contribution is -2.31. The van der Waals surface area contributed by atoms with E-state index in [4.69, 9.17) is 0 Å². The summed E-state index contributed by atoms with van der Waals surface area (Å²) in [6, 6.07) is 18.6. The van der Waals surface area contributed by atoms with Gasteiger partial charge in [-0.2, -0.15) is 4.99 Å². The molecule has 0 aliphatic carbocycles. The summed E-state index contributed by atoms with van der Waals surface area (Å²) >= 11 is 1.27. The number of nitrogens with zero attached hydrogens (tertiary/aromatic N) is 5. The molecule has 1 aliphatic heterocycles. The predicted molar refractivity (Wildman–Crippen MR) is 155 cm³/mol. The van der Waals surface area contributed by atoms with Crippen molar-refractivity contribution < 1.29 is 27.5 Å². The first-order valence-electron chi connectivity index (χ1n) is 13.1. The molecule has 0 spiro atoms. The highest BCUT2D eigenvalue weighted by Gasteiger charge is 2.33. The molecule has 42 heavy (non-hydrogen) atoms. The molecule has 12 heteroatoms. The predicted octanol–water partition coefficient (Wildman–Crippen LogP) is 6.30. The highest BCUT2D eigenvalue weighted by Crippen LogP contribution is 2.33. The number of anilines is 1. The molecule has 1 saturated heterocycles. The average molecular weight is 594 g/mol. The molecule has 3 aromatic carbocycles. The number of hydrogen-bond acceptors (Lipinski definition) is 6. The summed E-state index contributed by atoms with van der Waals surface area (Å²) in [7, 11) is 0. The minimum absolute atomic E-state index is 0.0883. The molecule has 0 saturated carbocycles. The van der Waals surface area contributed by atoms with E-state index < -0.39 is 6.36 Å². The molecule has 2 amide bonds. The maximum atomic E-state index is 12.8. The molecule has 8 nitrogen and oxygen atoms in total. The fraction of sp³-hybridized carbons (Fsp3) is 0.233. The van der Waals surface area contributed by atoms with E-state index in [9.17, 15) is 22.8 Å². The van der Waals surface area contributed by atoms with E-state index in [2.05, 4.69) is 19.8 Å². The third-order valence-corrected chi connectivity index (χ3v) is 7.50. The van der Waals surface area contributed by atoms with Crippen LogP contribution in [0.3, 0.4) is 0 Å². The highest BCUT2D eigenvalue weighted by atomic mass is 32.2. The van der Waals surface area contributed by atoms with Gasteiger partial charge in [0.15, 0.2) is 11.0 Å². The minimum atomic E-state index is -4.76. The molecule has 2 heterocycles. The number of halogens is 3. The van der Waals surface area contributed by atoms with Crippen LogP contribution >= 0.6 is 11.8 Å². The van der Waals surface area contributed by atoms with Gasteiger partial charge in [0.1, 0.15) is 12.1 Å². The molecule has 216 valence electrons. The van der Waals surface area contributed by atoms with E-state index >= 15 is 0 Å². The summed E-state index contributed by atoms with van der Waals surface area (Å²) < 4.78 is 42.5. The van der Waals surface area contributed by atoms with Gasteiger partial charge in [0, 0.05) is 12.0 Å². The standard InChI is InChI=1S/C30H26F3N5O3S/c1-3-21-6-4-5-19(2)27(21)38-26(40)17-42-29(38)35-25(39)16-9-20-7-10-22(11-8-20)28-34-18-37(36-28)23-12-14-24(15-13-23)41-30(31,32)33/h4-8,10-15,18H,3,9,16-17H2,1-2H3. The Balaban J connectivity index is 1.22. The van der Waals surface area contributed by atoms with Gasteiger partial charge in [0.2, 0.25) is 11.8 Å². The van der Waals surface area contributed by atoms with Gasteiger partial charge in [-0.05, 0) is 60.7 Å². The van der Waals surface area contributed by atoms with Crippen LogP contribution in [0.15, 0.2) is 78.0 Å². The van der Waals surface area contributed by atoms with Crippen LogP contribution in [0, 0.1) is 6.92 Å². The molecule has 0 atom stereocenters. The molecule has 0 unspecified atom stereocenters. The van der Waals surface area contributed by atoms with Crippen LogP contribution in [-0.2, 0) is 22.4 Å². The van der Waals surface area contributed by atoms with Gasteiger partial charge in [-0.25, -0.2) is 9.67 Å². The maximum absolute atomic E-state index is 12.8. The van der Waals surface area contributed by atoms with Crippen molar-refractivity contribution >= 4 is 34.4 Å². The number of para-hydroxylation sites is 1. The molecule has 1 aromatic heterocycles. The Kier molecular flexibility index (Phi) is 8.44. The van der Waals surface area contributed by atoms with Crippen molar-refractivity contribution in [2.24, 2.45) is 4.99 Å². The number of amides is 2. The zero-order valence-electron chi connectivity index (χ0n) is 22.8. The first-order valence-corrected chi connectivity index (χ1v) is 14.1. The fourth-order valence-corrected chi connectivity index (χ4v) is 5.41. The fourth-order valence-electron chi connectivity index (χ4n) is 4.54. The Morgan fingerprint density at radius 2 is 1.81 bits per heavy atom. The number of rotatable bonds is 8. The second-order valence-electron chi connectivity index (χ2n) is 9.49. The first kappa shape index (κ1) is 29.1. The van der Waals surface area contributed by atoms with Gasteiger partial charge in [-0.3, -0.25) is 14.5 Å². The third-order valence-electron chi connectivity index (χ3n) is 6.58. The zero-order chi connectivity index (χ0) is 29.9. The molecule has 0 N–H and O–H groups in total. The van der Waals surface area contributed by atoms with Crippen molar-refractivity contribution in [1.29, 1.82) is 0 Å². The van der Waals surface area contributed by atoms with Crippen molar-refractivity contribution in [3.8, 4) is 22.8 Å². The lowest BCUT2D eigenvalue weighted by molar-refractivity contribution is -0.274. The van der Waals surface area contributed by atoms with Gasteiger partial charge in [-0.1, -0.05) is 61.2 Å². The topological polar surface area (TPSA) is 89.7 Å². The number of ether oxygens (including phenoxy) is 1. The summed E-state index contributed by atoms with van der Waals surface area (Å²) in [5, 5.41) is 4.82. The van der Waals surface area contributed by atoms with Gasteiger partial charge < -0.3 is 4.74 Å². The van der Waals surface area contributed by atoms with Crippen LogP contribution in [-0.4, -0.2) is 43.9 Å². The van der Waals surface area contributed by atoms with E-state index in [-0.39, 0.29) is 29.7 Å². The minimum Gasteiger partial charge on any atom is -0.406 e. The Morgan fingerprint density at radius 3 is 2.50 bits per heavy atom. The van der Waals surface area contributed by atoms with Crippen LogP contribution in [0.4, 0.5) is 18.9 Å². The summed E-state index contributed by atoms with van der Waals surface area (Å²) in [5.41, 5.74) is 4.97. The largest absolute Gasteiger partial charge is 0.573 e. The van der Waals surface area contributed by atoms with Crippen molar-refractivity contribution in [2.75, 3.05) is 10.7 Å². The number of benzene rings is 3.